The van der Waals surface area contributed by atoms with E-state index in [4.69, 9.17) is 28.4 Å². The van der Waals surface area contributed by atoms with Crippen LogP contribution < -0.4 is 0 Å². The Bertz CT molecular complexity index is 419. The van der Waals surface area contributed by atoms with E-state index in [0.29, 0.717) is 118 Å². The summed E-state index contributed by atoms with van der Waals surface area (Å²) < 4.78 is 32.7. The van der Waals surface area contributed by atoms with Crippen molar-refractivity contribution in [2.24, 2.45) is 0 Å². The molecule has 0 aromatic rings. The summed E-state index contributed by atoms with van der Waals surface area (Å²) in [4.78, 5) is 27.6. The summed E-state index contributed by atoms with van der Waals surface area (Å²) in [5, 5.41) is 0. The Hall–Kier alpha value is -1.30. The molecule has 10 nitrogen and oxygen atoms in total. The molecule has 10 heteroatoms. The second kappa shape index (κ2) is 20.3. The van der Waals surface area contributed by atoms with E-state index >= 15 is 0 Å². The van der Waals surface area contributed by atoms with Gasteiger partial charge >= 0.3 is 11.9 Å². The van der Waals surface area contributed by atoms with Gasteiger partial charge in [0.1, 0.15) is 0 Å². The van der Waals surface area contributed by atoms with E-state index in [0.717, 1.165) is 0 Å². The number of nitrogens with zero attached hydrogens (tertiary/aromatic N) is 2. The van der Waals surface area contributed by atoms with Crippen LogP contribution in [0, 0.1) is 0 Å². The highest BCUT2D eigenvalue weighted by Crippen LogP contribution is 1.98. The molecule has 0 aromatic carbocycles. The third-order valence-corrected chi connectivity index (χ3v) is 4.83. The molecule has 1 heterocycles. The van der Waals surface area contributed by atoms with Crippen molar-refractivity contribution in [3.05, 3.63) is 0 Å². The fraction of sp³-hybridized carbons (Fsp3) is 0.909. The van der Waals surface area contributed by atoms with Crippen LogP contribution in [0.15, 0.2) is 0 Å². The average Bonchev–Trinajstić information content (AvgIpc) is 2.77. The van der Waals surface area contributed by atoms with Crippen LogP contribution >= 0.6 is 0 Å². The number of ether oxygens (including phenoxy) is 6. The molecule has 0 N–H and O–H groups in total. The van der Waals surface area contributed by atoms with Crippen LogP contribution in [0.5, 0.6) is 0 Å². The first-order valence-electron chi connectivity index (χ1n) is 11.7. The predicted molar refractivity (Wildman–Crippen MR) is 119 cm³/mol. The normalized spacial score (nSPS) is 19.6. The van der Waals surface area contributed by atoms with Gasteiger partial charge in [-0.2, -0.15) is 0 Å². The Labute approximate surface area is 192 Å². The molecule has 188 valence electrons. The van der Waals surface area contributed by atoms with Gasteiger partial charge < -0.3 is 28.4 Å². The van der Waals surface area contributed by atoms with Crippen molar-refractivity contribution in [1.29, 1.82) is 0 Å². The Morgan fingerprint density at radius 1 is 0.594 bits per heavy atom. The number of rotatable bonds is 8. The third-order valence-electron chi connectivity index (χ3n) is 4.83. The number of carbonyl (C=O) groups excluding carboxylic acids is 2. The first-order valence-corrected chi connectivity index (χ1v) is 11.7. The van der Waals surface area contributed by atoms with Crippen LogP contribution in [0.1, 0.15) is 26.7 Å². The van der Waals surface area contributed by atoms with E-state index in [1.54, 1.807) is 0 Å². The van der Waals surface area contributed by atoms with Crippen molar-refractivity contribution in [3.63, 3.8) is 0 Å². The number of carbonyl (C=O) groups is 2. The standard InChI is InChI=1S/C22H42N2O8/c1-3-31-21(25)5-7-23-9-13-27-17-19-29-15-11-24(8-6-22(26)32-4-2)12-16-30-20-18-28-14-10-23/h3-20H2,1-2H3. The van der Waals surface area contributed by atoms with Crippen LogP contribution in [-0.4, -0.2) is 127 Å². The summed E-state index contributed by atoms with van der Waals surface area (Å²) in [7, 11) is 0. The fourth-order valence-corrected chi connectivity index (χ4v) is 3.05. The lowest BCUT2D eigenvalue weighted by Crippen LogP contribution is -2.35. The molecule has 1 aliphatic heterocycles. The highest BCUT2D eigenvalue weighted by molar-refractivity contribution is 5.69. The number of hydrogen-bond donors (Lipinski definition) is 0. The van der Waals surface area contributed by atoms with Crippen molar-refractivity contribution < 1.29 is 38.0 Å². The van der Waals surface area contributed by atoms with Crippen molar-refractivity contribution in [1.82, 2.24) is 9.80 Å². The summed E-state index contributed by atoms with van der Waals surface area (Å²) in [5.41, 5.74) is 0. The molecule has 1 rings (SSSR count). The third kappa shape index (κ3) is 16.3. The summed E-state index contributed by atoms with van der Waals surface area (Å²) >= 11 is 0. The van der Waals surface area contributed by atoms with Crippen LogP contribution in [0.25, 0.3) is 0 Å². The van der Waals surface area contributed by atoms with Gasteiger partial charge in [-0.25, -0.2) is 0 Å². The highest BCUT2D eigenvalue weighted by atomic mass is 16.5. The largest absolute Gasteiger partial charge is 0.466 e. The topological polar surface area (TPSA) is 96.0 Å². The average molecular weight is 463 g/mol. The Kier molecular flexibility index (Phi) is 18.2. The maximum atomic E-state index is 11.6. The number of esters is 2. The minimum atomic E-state index is -0.188. The second-order valence-corrected chi connectivity index (χ2v) is 7.24. The molecule has 1 saturated heterocycles. The van der Waals surface area contributed by atoms with E-state index in [2.05, 4.69) is 9.80 Å². The van der Waals surface area contributed by atoms with E-state index in [1.165, 1.54) is 0 Å². The maximum absolute atomic E-state index is 11.6. The van der Waals surface area contributed by atoms with Gasteiger partial charge in [0.2, 0.25) is 0 Å². The van der Waals surface area contributed by atoms with Crippen LogP contribution in [-0.2, 0) is 38.0 Å². The number of hydrogen-bond acceptors (Lipinski definition) is 10. The van der Waals surface area contributed by atoms with E-state index in [1.807, 2.05) is 13.8 Å². The van der Waals surface area contributed by atoms with Gasteiger partial charge in [-0.05, 0) is 13.8 Å². The summed E-state index contributed by atoms with van der Waals surface area (Å²) in [6, 6.07) is 0. The predicted octanol–water partition coefficient (Wildman–Crippen LogP) is 0.577. The molecule has 0 aromatic heterocycles. The van der Waals surface area contributed by atoms with Gasteiger partial charge in [-0.15, -0.1) is 0 Å². The molecule has 1 fully saturated rings. The Morgan fingerprint density at radius 2 is 0.906 bits per heavy atom. The summed E-state index contributed by atoms with van der Waals surface area (Å²) in [5.74, 6) is -0.376. The quantitative estimate of drug-likeness (QED) is 0.477. The smallest absolute Gasteiger partial charge is 0.307 e. The lowest BCUT2D eigenvalue weighted by atomic mass is 10.3. The first kappa shape index (κ1) is 28.7. The van der Waals surface area contributed by atoms with Gasteiger partial charge in [0.05, 0.1) is 78.9 Å². The van der Waals surface area contributed by atoms with Gasteiger partial charge in [0.15, 0.2) is 0 Å². The zero-order chi connectivity index (χ0) is 23.3. The highest BCUT2D eigenvalue weighted by Gasteiger charge is 2.11. The first-order chi connectivity index (χ1) is 15.7. The minimum absolute atomic E-state index is 0.188. The van der Waals surface area contributed by atoms with Crippen LogP contribution in [0.4, 0.5) is 0 Å². The molecule has 0 bridgehead atoms. The zero-order valence-electron chi connectivity index (χ0n) is 19.9. The molecule has 0 radical (unpaired) electrons. The zero-order valence-corrected chi connectivity index (χ0v) is 19.9. The Balaban J connectivity index is 2.38. The van der Waals surface area contributed by atoms with Crippen LogP contribution in [0.3, 0.4) is 0 Å². The molecule has 0 aliphatic carbocycles. The molecular weight excluding hydrogens is 420 g/mol. The summed E-state index contributed by atoms with van der Waals surface area (Å²) in [6.07, 6.45) is 0.708. The van der Waals surface area contributed by atoms with Gasteiger partial charge in [-0.1, -0.05) is 0 Å². The van der Waals surface area contributed by atoms with Gasteiger partial charge in [-0.3, -0.25) is 19.4 Å². The van der Waals surface area contributed by atoms with E-state index in [-0.39, 0.29) is 11.9 Å². The van der Waals surface area contributed by atoms with E-state index < -0.39 is 0 Å². The maximum Gasteiger partial charge on any atom is 0.307 e. The van der Waals surface area contributed by atoms with Crippen molar-refractivity contribution in [2.45, 2.75) is 26.7 Å². The molecular formula is C22H42N2O8. The van der Waals surface area contributed by atoms with Crippen LogP contribution in [0.2, 0.25) is 0 Å². The SMILES string of the molecule is CCOC(=O)CCN1CCOCCOCCN(CCC(=O)OCC)CCOCCOCC1. The monoisotopic (exact) mass is 462 g/mol. The van der Waals surface area contributed by atoms with E-state index in [9.17, 15) is 9.59 Å². The lowest BCUT2D eigenvalue weighted by Gasteiger charge is -2.23. The Morgan fingerprint density at radius 3 is 1.19 bits per heavy atom. The molecule has 0 saturated carbocycles. The van der Waals surface area contributed by atoms with Crippen molar-refractivity contribution in [2.75, 3.05) is 105 Å². The lowest BCUT2D eigenvalue weighted by molar-refractivity contribution is -0.144. The molecule has 0 unspecified atom stereocenters. The molecule has 0 spiro atoms. The molecule has 1 aliphatic rings. The second-order valence-electron chi connectivity index (χ2n) is 7.24. The van der Waals surface area contributed by atoms with Gasteiger partial charge in [0, 0.05) is 39.3 Å². The molecule has 0 amide bonds. The van der Waals surface area contributed by atoms with Crippen molar-refractivity contribution >= 4 is 11.9 Å². The fourth-order valence-electron chi connectivity index (χ4n) is 3.05. The molecule has 0 atom stereocenters. The van der Waals surface area contributed by atoms with Gasteiger partial charge in [0.25, 0.3) is 0 Å². The van der Waals surface area contributed by atoms with Crippen molar-refractivity contribution in [3.8, 4) is 0 Å². The minimum Gasteiger partial charge on any atom is -0.466 e. The summed E-state index contributed by atoms with van der Waals surface area (Å²) in [6.45, 7) is 12.7. The molecule has 32 heavy (non-hydrogen) atoms.